The highest BCUT2D eigenvalue weighted by atomic mass is 16.5. The number of benzene rings is 2. The minimum absolute atomic E-state index is 0.106. The van der Waals surface area contributed by atoms with Crippen molar-refractivity contribution in [3.05, 3.63) is 71.9 Å². The van der Waals surface area contributed by atoms with E-state index in [4.69, 9.17) is 10.5 Å². The van der Waals surface area contributed by atoms with E-state index in [0.29, 0.717) is 5.52 Å². The Hall–Kier alpha value is -3.74. The van der Waals surface area contributed by atoms with Gasteiger partial charge in [0.2, 0.25) is 0 Å². The number of carbonyl (C=O) groups is 3. The van der Waals surface area contributed by atoms with Crippen LogP contribution in [-0.4, -0.2) is 29.4 Å². The van der Waals surface area contributed by atoms with Crippen LogP contribution < -0.4 is 11.1 Å². The van der Waals surface area contributed by atoms with E-state index in [2.05, 4.69) is 10.3 Å². The van der Waals surface area contributed by atoms with Gasteiger partial charge in [0.25, 0.3) is 11.8 Å². The number of para-hydroxylation sites is 2. The molecule has 3 rings (SSSR count). The number of nitrogens with one attached hydrogen (secondary N) is 1. The Morgan fingerprint density at radius 2 is 1.69 bits per heavy atom. The number of esters is 1. The summed E-state index contributed by atoms with van der Waals surface area (Å²) < 4.78 is 4.98. The molecule has 0 unspecified atom stereocenters. The smallest absolute Gasteiger partial charge is 0.357 e. The number of amides is 2. The maximum atomic E-state index is 12.1. The molecule has 7 heteroatoms. The van der Waals surface area contributed by atoms with Gasteiger partial charge in [-0.05, 0) is 24.3 Å². The number of pyridine rings is 1. The molecule has 2 aromatic carbocycles. The van der Waals surface area contributed by atoms with Crippen LogP contribution in [0.25, 0.3) is 10.9 Å². The minimum atomic E-state index is -0.714. The molecule has 3 aromatic rings. The first-order chi connectivity index (χ1) is 12.5. The van der Waals surface area contributed by atoms with Gasteiger partial charge in [0.15, 0.2) is 6.61 Å². The fourth-order valence-corrected chi connectivity index (χ4v) is 2.38. The van der Waals surface area contributed by atoms with Gasteiger partial charge >= 0.3 is 5.97 Å². The maximum Gasteiger partial charge on any atom is 0.357 e. The van der Waals surface area contributed by atoms with Crippen LogP contribution >= 0.6 is 0 Å². The standard InChI is InChI=1S/C19H15N3O4/c20-18(24)13-6-2-4-8-15(13)22-17(23)11-26-19(25)16-10-9-12-5-1-3-7-14(12)21-16/h1-10H,11H2,(H2,20,24)(H,22,23). The molecule has 0 saturated carbocycles. The first kappa shape index (κ1) is 17.1. The lowest BCUT2D eigenvalue weighted by Gasteiger charge is -2.09. The first-order valence-corrected chi connectivity index (χ1v) is 7.76. The summed E-state index contributed by atoms with van der Waals surface area (Å²) in [6.45, 7) is -0.513. The van der Waals surface area contributed by atoms with Crippen LogP contribution in [0.3, 0.4) is 0 Å². The number of aromatic nitrogens is 1. The summed E-state index contributed by atoms with van der Waals surface area (Å²) in [5.41, 5.74) is 6.43. The maximum absolute atomic E-state index is 12.1. The van der Waals surface area contributed by atoms with Gasteiger partial charge in [0.1, 0.15) is 5.69 Å². The molecule has 1 heterocycles. The Labute approximate surface area is 148 Å². The van der Waals surface area contributed by atoms with Crippen molar-refractivity contribution in [3.8, 4) is 0 Å². The summed E-state index contributed by atoms with van der Waals surface area (Å²) in [7, 11) is 0. The van der Waals surface area contributed by atoms with Gasteiger partial charge in [-0.15, -0.1) is 0 Å². The van der Waals surface area contributed by atoms with Crippen molar-refractivity contribution in [2.24, 2.45) is 5.73 Å². The summed E-state index contributed by atoms with van der Waals surface area (Å²) in [6.07, 6.45) is 0. The van der Waals surface area contributed by atoms with Crippen LogP contribution in [0.4, 0.5) is 5.69 Å². The third-order valence-electron chi connectivity index (χ3n) is 3.61. The Kier molecular flexibility index (Phi) is 4.89. The largest absolute Gasteiger partial charge is 0.451 e. The number of rotatable bonds is 5. The van der Waals surface area contributed by atoms with E-state index in [1.54, 1.807) is 24.3 Å². The molecule has 0 atom stereocenters. The zero-order chi connectivity index (χ0) is 18.5. The molecule has 7 nitrogen and oxygen atoms in total. The van der Waals surface area contributed by atoms with Gasteiger partial charge in [-0.1, -0.05) is 36.4 Å². The van der Waals surface area contributed by atoms with Gasteiger partial charge < -0.3 is 15.8 Å². The number of hydrogen-bond acceptors (Lipinski definition) is 5. The highest BCUT2D eigenvalue weighted by molar-refractivity contribution is 6.03. The van der Waals surface area contributed by atoms with Crippen LogP contribution in [0.5, 0.6) is 0 Å². The Morgan fingerprint density at radius 1 is 0.962 bits per heavy atom. The SMILES string of the molecule is NC(=O)c1ccccc1NC(=O)COC(=O)c1ccc2ccccc2n1. The zero-order valence-corrected chi connectivity index (χ0v) is 13.6. The lowest BCUT2D eigenvalue weighted by atomic mass is 10.1. The molecule has 1 aromatic heterocycles. The van der Waals surface area contributed by atoms with Crippen molar-refractivity contribution in [1.82, 2.24) is 4.98 Å². The van der Waals surface area contributed by atoms with E-state index in [1.165, 1.54) is 18.2 Å². The second kappa shape index (κ2) is 7.43. The summed E-state index contributed by atoms with van der Waals surface area (Å²) in [6, 6.07) is 16.9. The predicted octanol–water partition coefficient (Wildman–Crippen LogP) is 2.13. The summed E-state index contributed by atoms with van der Waals surface area (Å²) in [5.74, 6) is -1.97. The van der Waals surface area contributed by atoms with Crippen LogP contribution in [0.1, 0.15) is 20.8 Å². The normalized spacial score (nSPS) is 10.3. The second-order valence-corrected chi connectivity index (χ2v) is 5.42. The average Bonchev–Trinajstić information content (AvgIpc) is 2.66. The van der Waals surface area contributed by atoms with Crippen molar-refractivity contribution < 1.29 is 19.1 Å². The molecule has 0 radical (unpaired) electrons. The molecule has 3 N–H and O–H groups in total. The van der Waals surface area contributed by atoms with Crippen LogP contribution in [0.15, 0.2) is 60.7 Å². The van der Waals surface area contributed by atoms with E-state index < -0.39 is 24.4 Å². The highest BCUT2D eigenvalue weighted by Gasteiger charge is 2.14. The molecule has 0 aliphatic heterocycles. The van der Waals surface area contributed by atoms with Crippen LogP contribution in [0, 0.1) is 0 Å². The van der Waals surface area contributed by atoms with Crippen molar-refractivity contribution in [2.75, 3.05) is 11.9 Å². The summed E-state index contributed by atoms with van der Waals surface area (Å²) >= 11 is 0. The fraction of sp³-hybridized carbons (Fsp3) is 0.0526. The number of nitrogens with zero attached hydrogens (tertiary/aromatic N) is 1. The van der Waals surface area contributed by atoms with Gasteiger partial charge in [0.05, 0.1) is 16.8 Å². The zero-order valence-electron chi connectivity index (χ0n) is 13.6. The van der Waals surface area contributed by atoms with E-state index in [9.17, 15) is 14.4 Å². The van der Waals surface area contributed by atoms with Crippen molar-refractivity contribution >= 4 is 34.4 Å². The third kappa shape index (κ3) is 3.84. The number of ether oxygens (including phenoxy) is 1. The van der Waals surface area contributed by atoms with Crippen LogP contribution in [0.2, 0.25) is 0 Å². The van der Waals surface area contributed by atoms with E-state index in [0.717, 1.165) is 5.39 Å². The summed E-state index contributed by atoms with van der Waals surface area (Å²) in [5, 5.41) is 3.38. The number of carbonyl (C=O) groups excluding carboxylic acids is 3. The second-order valence-electron chi connectivity index (χ2n) is 5.42. The average molecular weight is 349 g/mol. The summed E-state index contributed by atoms with van der Waals surface area (Å²) in [4.78, 5) is 39.6. The Bertz CT molecular complexity index is 1000. The minimum Gasteiger partial charge on any atom is -0.451 e. The van der Waals surface area contributed by atoms with Gasteiger partial charge in [-0.2, -0.15) is 0 Å². The van der Waals surface area contributed by atoms with E-state index >= 15 is 0 Å². The van der Waals surface area contributed by atoms with Crippen molar-refractivity contribution in [2.45, 2.75) is 0 Å². The van der Waals surface area contributed by atoms with Crippen molar-refractivity contribution in [3.63, 3.8) is 0 Å². The molecule has 0 aliphatic rings. The van der Waals surface area contributed by atoms with Gasteiger partial charge in [-0.25, -0.2) is 9.78 Å². The highest BCUT2D eigenvalue weighted by Crippen LogP contribution is 2.15. The molecule has 2 amide bonds. The van der Waals surface area contributed by atoms with Gasteiger partial charge in [-0.3, -0.25) is 9.59 Å². The molecule has 0 saturated heterocycles. The topological polar surface area (TPSA) is 111 Å². The van der Waals surface area contributed by atoms with Crippen LogP contribution in [-0.2, 0) is 9.53 Å². The molecule has 26 heavy (non-hydrogen) atoms. The number of nitrogens with two attached hydrogens (primary N) is 1. The van der Waals surface area contributed by atoms with Crippen molar-refractivity contribution in [1.29, 1.82) is 0 Å². The Morgan fingerprint density at radius 3 is 2.50 bits per heavy atom. The third-order valence-corrected chi connectivity index (χ3v) is 3.61. The first-order valence-electron chi connectivity index (χ1n) is 7.76. The molecule has 0 bridgehead atoms. The quantitative estimate of drug-likeness (QED) is 0.685. The lowest BCUT2D eigenvalue weighted by Crippen LogP contribution is -2.23. The number of anilines is 1. The molecule has 0 spiro atoms. The molecule has 0 aliphatic carbocycles. The van der Waals surface area contributed by atoms with E-state index in [-0.39, 0.29) is 16.9 Å². The fourth-order valence-electron chi connectivity index (χ4n) is 2.38. The molecular formula is C19H15N3O4. The van der Waals surface area contributed by atoms with Gasteiger partial charge in [0, 0.05) is 5.39 Å². The Balaban J connectivity index is 1.63. The monoisotopic (exact) mass is 349 g/mol. The molecule has 0 fully saturated rings. The van der Waals surface area contributed by atoms with E-state index in [1.807, 2.05) is 18.2 Å². The molecule has 130 valence electrons. The number of hydrogen-bond donors (Lipinski definition) is 2. The number of primary amides is 1. The predicted molar refractivity (Wildman–Crippen MR) is 95.6 cm³/mol. The molecular weight excluding hydrogens is 334 g/mol. The number of fused-ring (bicyclic) bond motifs is 1. The lowest BCUT2D eigenvalue weighted by molar-refractivity contribution is -0.119.